The smallest absolute Gasteiger partial charge is 0.254 e. The SMILES string of the molecule is Cc1cc(Nc2nc(NC3CC4CCCC(C3)N4C(=O)c3ccncc3)nc3sccc23)n[nH]1. The van der Waals surface area contributed by atoms with E-state index in [1.54, 1.807) is 23.7 Å². The van der Waals surface area contributed by atoms with Crippen molar-refractivity contribution in [2.75, 3.05) is 10.6 Å². The average molecular weight is 475 g/mol. The number of fused-ring (bicyclic) bond motifs is 3. The number of anilines is 3. The minimum absolute atomic E-state index is 0.118. The second-order valence-electron chi connectivity index (χ2n) is 9.10. The van der Waals surface area contributed by atoms with E-state index in [0.29, 0.717) is 11.5 Å². The third-order valence-corrected chi connectivity index (χ3v) is 7.55. The van der Waals surface area contributed by atoms with E-state index in [9.17, 15) is 4.79 Å². The second-order valence-corrected chi connectivity index (χ2v) is 9.99. The van der Waals surface area contributed by atoms with Gasteiger partial charge in [0.25, 0.3) is 5.91 Å². The van der Waals surface area contributed by atoms with E-state index in [1.807, 2.05) is 36.6 Å². The number of carbonyl (C=O) groups is 1. The summed E-state index contributed by atoms with van der Waals surface area (Å²) in [5.41, 5.74) is 1.70. The van der Waals surface area contributed by atoms with Crippen molar-refractivity contribution in [3.05, 3.63) is 53.3 Å². The fourth-order valence-electron chi connectivity index (χ4n) is 5.28. The van der Waals surface area contributed by atoms with Gasteiger partial charge in [0.2, 0.25) is 5.95 Å². The Morgan fingerprint density at radius 3 is 2.68 bits per heavy atom. The zero-order chi connectivity index (χ0) is 23.1. The van der Waals surface area contributed by atoms with Gasteiger partial charge in [-0.25, -0.2) is 4.98 Å². The molecule has 4 aromatic heterocycles. The number of pyridine rings is 1. The number of piperidine rings is 2. The van der Waals surface area contributed by atoms with Gasteiger partial charge >= 0.3 is 0 Å². The van der Waals surface area contributed by atoms with E-state index in [-0.39, 0.29) is 24.0 Å². The number of hydrogen-bond acceptors (Lipinski definition) is 8. The van der Waals surface area contributed by atoms with Crippen molar-refractivity contribution in [2.45, 2.75) is 57.2 Å². The van der Waals surface area contributed by atoms with Crippen LogP contribution in [0, 0.1) is 6.92 Å². The molecule has 2 aliphatic heterocycles. The van der Waals surface area contributed by atoms with Gasteiger partial charge in [-0.1, -0.05) is 0 Å². The first-order valence-electron chi connectivity index (χ1n) is 11.7. The zero-order valence-electron chi connectivity index (χ0n) is 18.9. The molecule has 6 rings (SSSR count). The molecule has 3 N–H and O–H groups in total. The van der Waals surface area contributed by atoms with Crippen LogP contribution in [0.5, 0.6) is 0 Å². The van der Waals surface area contributed by atoms with Crippen LogP contribution in [0.4, 0.5) is 17.6 Å². The van der Waals surface area contributed by atoms with Crippen molar-refractivity contribution in [3.8, 4) is 0 Å². The molecular weight excluding hydrogens is 448 g/mol. The molecule has 0 radical (unpaired) electrons. The van der Waals surface area contributed by atoms with Gasteiger partial charge in [-0.05, 0) is 62.6 Å². The van der Waals surface area contributed by atoms with Gasteiger partial charge in [-0.15, -0.1) is 11.3 Å². The molecule has 174 valence electrons. The molecule has 10 heteroatoms. The summed E-state index contributed by atoms with van der Waals surface area (Å²) in [4.78, 5) is 29.9. The Morgan fingerprint density at radius 1 is 1.15 bits per heavy atom. The zero-order valence-corrected chi connectivity index (χ0v) is 19.7. The molecule has 6 heterocycles. The molecule has 0 spiro atoms. The Bertz CT molecular complexity index is 1310. The molecule has 0 aliphatic carbocycles. The molecule has 2 bridgehead atoms. The fourth-order valence-corrected chi connectivity index (χ4v) is 6.04. The lowest BCUT2D eigenvalue weighted by molar-refractivity contribution is 0.0259. The third kappa shape index (κ3) is 3.98. The molecule has 9 nitrogen and oxygen atoms in total. The minimum atomic E-state index is 0.118. The number of amides is 1. The van der Waals surface area contributed by atoms with E-state index < -0.39 is 0 Å². The summed E-state index contributed by atoms with van der Waals surface area (Å²) in [6.07, 6.45) is 8.37. The lowest BCUT2D eigenvalue weighted by Crippen LogP contribution is -2.57. The highest BCUT2D eigenvalue weighted by atomic mass is 32.1. The number of aromatic amines is 1. The van der Waals surface area contributed by atoms with E-state index in [0.717, 1.165) is 59.7 Å². The molecule has 0 aromatic carbocycles. The number of thiophene rings is 1. The molecule has 2 aliphatic rings. The predicted octanol–water partition coefficient (Wildman–Crippen LogP) is 4.50. The monoisotopic (exact) mass is 474 g/mol. The maximum Gasteiger partial charge on any atom is 0.254 e. The predicted molar refractivity (Wildman–Crippen MR) is 133 cm³/mol. The van der Waals surface area contributed by atoms with E-state index in [4.69, 9.17) is 9.97 Å². The number of nitrogens with zero attached hydrogens (tertiary/aromatic N) is 5. The standard InChI is InChI=1S/C24H26N8OS/c1-14-11-20(31-30-14)27-21-19-7-10-34-22(19)29-24(28-21)26-16-12-17-3-2-4-18(13-16)32(17)23(33)15-5-8-25-9-6-15/h5-11,16-18H,2-4,12-13H2,1H3,(H3,26,27,28,29,30,31). The van der Waals surface area contributed by atoms with Crippen molar-refractivity contribution >= 4 is 45.0 Å². The fraction of sp³-hybridized carbons (Fsp3) is 0.375. The second kappa shape index (κ2) is 8.68. The highest BCUT2D eigenvalue weighted by Crippen LogP contribution is 2.36. The Labute approximate surface area is 201 Å². The molecule has 4 aromatic rings. The van der Waals surface area contributed by atoms with Crippen molar-refractivity contribution in [3.63, 3.8) is 0 Å². The highest BCUT2D eigenvalue weighted by Gasteiger charge is 2.41. The van der Waals surface area contributed by atoms with E-state index >= 15 is 0 Å². The summed E-state index contributed by atoms with van der Waals surface area (Å²) >= 11 is 1.59. The van der Waals surface area contributed by atoms with Crippen LogP contribution in [-0.2, 0) is 0 Å². The number of H-pyrrole nitrogens is 1. The summed E-state index contributed by atoms with van der Waals surface area (Å²) < 4.78 is 0. The average Bonchev–Trinajstić information content (AvgIpc) is 3.47. The van der Waals surface area contributed by atoms with Gasteiger partial charge in [0, 0.05) is 47.8 Å². The highest BCUT2D eigenvalue weighted by molar-refractivity contribution is 7.16. The maximum absolute atomic E-state index is 13.3. The number of aromatic nitrogens is 5. The van der Waals surface area contributed by atoms with Gasteiger partial charge in [0.05, 0.1) is 5.39 Å². The van der Waals surface area contributed by atoms with Crippen molar-refractivity contribution in [2.24, 2.45) is 0 Å². The first-order valence-corrected chi connectivity index (χ1v) is 12.6. The van der Waals surface area contributed by atoms with Crippen LogP contribution in [0.15, 0.2) is 42.0 Å². The molecule has 2 fully saturated rings. The lowest BCUT2D eigenvalue weighted by Gasteiger charge is -2.49. The first-order chi connectivity index (χ1) is 16.6. The topological polar surface area (TPSA) is 112 Å². The molecule has 1 amide bonds. The Kier molecular flexibility index (Phi) is 5.37. The van der Waals surface area contributed by atoms with Gasteiger partial charge in [-0.2, -0.15) is 10.1 Å². The number of carbonyl (C=O) groups excluding carboxylic acids is 1. The van der Waals surface area contributed by atoms with Crippen molar-refractivity contribution < 1.29 is 4.79 Å². The number of nitrogens with one attached hydrogen (secondary N) is 3. The van der Waals surface area contributed by atoms with Crippen LogP contribution in [0.25, 0.3) is 10.2 Å². The van der Waals surface area contributed by atoms with Crippen LogP contribution >= 0.6 is 11.3 Å². The summed E-state index contributed by atoms with van der Waals surface area (Å²) in [7, 11) is 0. The van der Waals surface area contributed by atoms with Crippen LogP contribution in [0.3, 0.4) is 0 Å². The van der Waals surface area contributed by atoms with Crippen molar-refractivity contribution in [1.82, 2.24) is 30.0 Å². The van der Waals surface area contributed by atoms with Crippen LogP contribution in [-0.4, -0.2) is 54.1 Å². The van der Waals surface area contributed by atoms with Gasteiger partial charge in [0.1, 0.15) is 10.6 Å². The summed E-state index contributed by atoms with van der Waals surface area (Å²) in [6.45, 7) is 1.97. The largest absolute Gasteiger partial charge is 0.351 e. The van der Waals surface area contributed by atoms with Crippen LogP contribution in [0.1, 0.15) is 48.2 Å². The maximum atomic E-state index is 13.3. The minimum Gasteiger partial charge on any atom is -0.351 e. The van der Waals surface area contributed by atoms with Gasteiger partial charge in [-0.3, -0.25) is 14.9 Å². The molecule has 2 unspecified atom stereocenters. The molecule has 0 saturated carbocycles. The Hall–Kier alpha value is -3.53. The molecule has 2 saturated heterocycles. The van der Waals surface area contributed by atoms with Crippen LogP contribution in [0.2, 0.25) is 0 Å². The van der Waals surface area contributed by atoms with E-state index in [2.05, 4.69) is 30.7 Å². The molecular formula is C24H26N8OS. The summed E-state index contributed by atoms with van der Waals surface area (Å²) in [5, 5.41) is 17.2. The van der Waals surface area contributed by atoms with Gasteiger partial charge in [0.15, 0.2) is 5.82 Å². The first kappa shape index (κ1) is 21.0. The number of rotatable bonds is 5. The lowest BCUT2D eigenvalue weighted by atomic mass is 9.81. The van der Waals surface area contributed by atoms with Crippen LogP contribution < -0.4 is 10.6 Å². The van der Waals surface area contributed by atoms with Gasteiger partial charge < -0.3 is 15.5 Å². The van der Waals surface area contributed by atoms with Crippen molar-refractivity contribution in [1.29, 1.82) is 0 Å². The quantitative estimate of drug-likeness (QED) is 0.390. The normalized spacial score (nSPS) is 22.0. The Morgan fingerprint density at radius 2 is 1.94 bits per heavy atom. The van der Waals surface area contributed by atoms with E-state index in [1.165, 1.54) is 0 Å². The number of hydrogen-bond donors (Lipinski definition) is 3. The Balaban J connectivity index is 1.22. The summed E-state index contributed by atoms with van der Waals surface area (Å²) in [6, 6.07) is 8.25. The molecule has 2 atom stereocenters. The number of aryl methyl sites for hydroxylation is 1. The summed E-state index contributed by atoms with van der Waals surface area (Å²) in [5.74, 6) is 2.20. The third-order valence-electron chi connectivity index (χ3n) is 6.75. The molecule has 34 heavy (non-hydrogen) atoms.